The lowest BCUT2D eigenvalue weighted by Crippen LogP contribution is -2.30. The molecule has 110 heavy (non-hydrogen) atoms. The molecule has 0 rings (SSSR count). The molecule has 0 bridgehead atoms. The maximum absolute atomic E-state index is 13.1. The minimum atomic E-state index is -5.03. The smallest absolute Gasteiger partial charge is 0.462 e. The zero-order valence-electron chi connectivity index (χ0n) is 67.6. The number of phosphoric ester groups is 2. The number of ether oxygens (including phenoxy) is 4. The van der Waals surface area contributed by atoms with Gasteiger partial charge < -0.3 is 33.8 Å². The minimum Gasteiger partial charge on any atom is -0.462 e. The van der Waals surface area contributed by atoms with E-state index < -0.39 is 97.5 Å². The summed E-state index contributed by atoms with van der Waals surface area (Å²) in [6.07, 6.45) is 102. The van der Waals surface area contributed by atoms with E-state index in [-0.39, 0.29) is 25.7 Å². The average Bonchev–Trinajstić information content (AvgIpc) is 0.899. The molecule has 0 radical (unpaired) electrons. The van der Waals surface area contributed by atoms with E-state index in [1.54, 1.807) is 12.2 Å². The highest BCUT2D eigenvalue weighted by atomic mass is 31.2. The highest BCUT2D eigenvalue weighted by Gasteiger charge is 2.30. The van der Waals surface area contributed by atoms with Gasteiger partial charge in [0, 0.05) is 19.3 Å². The van der Waals surface area contributed by atoms with Crippen molar-refractivity contribution >= 4 is 39.5 Å². The number of hydrogen-bond acceptors (Lipinski definition) is 15. The zero-order valence-corrected chi connectivity index (χ0v) is 69.4. The molecule has 0 aromatic heterocycles. The summed E-state index contributed by atoms with van der Waals surface area (Å²) in [5, 5.41) is 10.7. The van der Waals surface area contributed by atoms with Gasteiger partial charge in [0.25, 0.3) is 0 Å². The normalized spacial score (nSPS) is 14.9. The second-order valence-corrected chi connectivity index (χ2v) is 29.1. The first-order chi connectivity index (χ1) is 53.7. The molecule has 19 heteroatoms. The van der Waals surface area contributed by atoms with Crippen molar-refractivity contribution < 1.29 is 80.2 Å². The first-order valence-corrected chi connectivity index (χ1v) is 44.0. The lowest BCUT2D eigenvalue weighted by Gasteiger charge is -2.21. The number of esters is 4. The van der Waals surface area contributed by atoms with E-state index in [1.165, 1.54) is 0 Å². The van der Waals surface area contributed by atoms with Crippen LogP contribution in [0.1, 0.15) is 272 Å². The maximum atomic E-state index is 13.1. The molecule has 0 heterocycles. The van der Waals surface area contributed by atoms with Crippen LogP contribution in [0.4, 0.5) is 0 Å². The Kier molecular flexibility index (Phi) is 75.6. The summed E-state index contributed by atoms with van der Waals surface area (Å²) in [4.78, 5) is 73.1. The Hall–Kier alpha value is -6.62. The number of aliphatic hydroxyl groups excluding tert-OH is 1. The van der Waals surface area contributed by atoms with Crippen LogP contribution in [0.2, 0.25) is 0 Å². The van der Waals surface area contributed by atoms with Crippen molar-refractivity contribution in [1.82, 2.24) is 0 Å². The van der Waals surface area contributed by atoms with Crippen LogP contribution in [-0.4, -0.2) is 96.7 Å². The molecule has 0 aliphatic rings. The van der Waals surface area contributed by atoms with Crippen LogP contribution in [-0.2, 0) is 65.4 Å². The maximum Gasteiger partial charge on any atom is 0.472 e. The second-order valence-electron chi connectivity index (χ2n) is 26.2. The summed E-state index contributed by atoms with van der Waals surface area (Å²) in [6.45, 7) is 4.19. The van der Waals surface area contributed by atoms with Crippen molar-refractivity contribution in [2.75, 3.05) is 39.6 Å². The van der Waals surface area contributed by atoms with E-state index in [4.69, 9.17) is 37.0 Å². The third kappa shape index (κ3) is 79.5. The van der Waals surface area contributed by atoms with Gasteiger partial charge >= 0.3 is 39.5 Å². The van der Waals surface area contributed by atoms with E-state index in [0.29, 0.717) is 25.7 Å². The number of aliphatic hydroxyl groups is 1. The van der Waals surface area contributed by atoms with Gasteiger partial charge in [-0.1, -0.05) is 291 Å². The summed E-state index contributed by atoms with van der Waals surface area (Å²) < 4.78 is 68.5. The van der Waals surface area contributed by atoms with Crippen LogP contribution in [0.5, 0.6) is 0 Å². The van der Waals surface area contributed by atoms with Crippen LogP contribution < -0.4 is 0 Å². The highest BCUT2D eigenvalue weighted by Crippen LogP contribution is 2.45. The van der Waals surface area contributed by atoms with Gasteiger partial charge in [0.1, 0.15) is 19.3 Å². The number of unbranched alkanes of at least 4 members (excludes halogenated alkanes) is 13. The predicted molar refractivity (Wildman–Crippen MR) is 454 cm³/mol. The molecule has 0 saturated carbocycles. The predicted octanol–water partition coefficient (Wildman–Crippen LogP) is 24.4. The van der Waals surface area contributed by atoms with Crippen molar-refractivity contribution in [3.05, 3.63) is 219 Å². The topological polar surface area (TPSA) is 237 Å². The Bertz CT molecular complexity index is 2950. The molecule has 5 atom stereocenters. The van der Waals surface area contributed by atoms with E-state index in [2.05, 4.69) is 222 Å². The fourth-order valence-corrected chi connectivity index (χ4v) is 11.5. The van der Waals surface area contributed by atoms with Crippen molar-refractivity contribution in [2.24, 2.45) is 0 Å². The molecule has 0 fully saturated rings. The lowest BCUT2D eigenvalue weighted by atomic mass is 10.1. The number of carbonyl (C=O) groups is 4. The third-order valence-corrected chi connectivity index (χ3v) is 17.9. The summed E-state index contributed by atoms with van der Waals surface area (Å²) >= 11 is 0. The van der Waals surface area contributed by atoms with Gasteiger partial charge in [0.15, 0.2) is 12.2 Å². The molecular weight excluding hydrogens is 1430 g/mol. The van der Waals surface area contributed by atoms with E-state index in [9.17, 15) is 43.2 Å². The largest absolute Gasteiger partial charge is 0.472 e. The Balaban J connectivity index is 5.53. The fourth-order valence-electron chi connectivity index (χ4n) is 9.89. The van der Waals surface area contributed by atoms with Crippen molar-refractivity contribution in [1.29, 1.82) is 0 Å². The fraction of sp³-hybridized carbons (Fsp3) is 0.560. The molecule has 0 amide bonds. The Morgan fingerprint density at radius 1 is 0.264 bits per heavy atom. The van der Waals surface area contributed by atoms with Gasteiger partial charge in [-0.05, 0) is 173 Å². The monoisotopic (exact) mass is 1570 g/mol. The summed E-state index contributed by atoms with van der Waals surface area (Å²) in [5.74, 6) is -2.43. The third-order valence-electron chi connectivity index (χ3n) is 16.0. The van der Waals surface area contributed by atoms with Gasteiger partial charge in [-0.2, -0.15) is 0 Å². The minimum absolute atomic E-state index is 0.0632. The summed E-state index contributed by atoms with van der Waals surface area (Å²) in [5.41, 5.74) is 0. The van der Waals surface area contributed by atoms with Crippen LogP contribution in [0.25, 0.3) is 0 Å². The molecule has 0 aromatic rings. The van der Waals surface area contributed by atoms with Gasteiger partial charge in [-0.25, -0.2) is 9.13 Å². The summed E-state index contributed by atoms with van der Waals surface area (Å²) in [6, 6.07) is 0. The van der Waals surface area contributed by atoms with Crippen LogP contribution in [0.3, 0.4) is 0 Å². The summed E-state index contributed by atoms with van der Waals surface area (Å²) in [7, 11) is -10.0. The van der Waals surface area contributed by atoms with Crippen molar-refractivity contribution in [3.8, 4) is 0 Å². The van der Waals surface area contributed by atoms with Crippen LogP contribution in [0, 0.1) is 0 Å². The van der Waals surface area contributed by atoms with Crippen LogP contribution in [0.15, 0.2) is 219 Å². The first kappa shape index (κ1) is 103. The zero-order chi connectivity index (χ0) is 80.3. The van der Waals surface area contributed by atoms with Crippen molar-refractivity contribution in [2.45, 2.75) is 290 Å². The number of phosphoric acid groups is 2. The Morgan fingerprint density at radius 2 is 0.482 bits per heavy atom. The number of hydrogen-bond donors (Lipinski definition) is 3. The van der Waals surface area contributed by atoms with Gasteiger partial charge in [-0.15, -0.1) is 0 Å². The molecule has 5 unspecified atom stereocenters. The quantitative estimate of drug-likeness (QED) is 0.0169. The number of carbonyl (C=O) groups excluding carboxylic acids is 4. The second kappa shape index (κ2) is 80.4. The average molecular weight is 1570 g/mol. The molecule has 0 spiro atoms. The SMILES string of the molecule is CC/C=C\C/C=C\C/C=C\C/C=C\C/C=C\CCCCCC(=O)OCC(COP(=O)(O)OCC(O)COP(=O)(O)OCC(COC(=O)CCCCC/C=C\C/C=C\C/C=C\C/C=C\C/C=C\CC)OC(=O)CCCCCCCCC/C=C\C/C=C\C/C=C\CC)OC(=O)C/C=C\C/C=C\C/C=C\C/C=C\C/C=C\CC. The molecule has 0 aliphatic carbocycles. The Labute approximate surface area is 664 Å². The van der Waals surface area contributed by atoms with E-state index in [0.717, 1.165) is 193 Å². The van der Waals surface area contributed by atoms with E-state index >= 15 is 0 Å². The molecule has 0 aliphatic heterocycles. The number of allylic oxidation sites excluding steroid dienone is 35. The molecule has 0 saturated heterocycles. The highest BCUT2D eigenvalue weighted by molar-refractivity contribution is 7.47. The van der Waals surface area contributed by atoms with Crippen molar-refractivity contribution in [3.63, 3.8) is 0 Å². The molecule has 17 nitrogen and oxygen atoms in total. The number of rotatable bonds is 74. The van der Waals surface area contributed by atoms with Gasteiger partial charge in [-0.3, -0.25) is 37.3 Å². The van der Waals surface area contributed by atoms with Gasteiger partial charge in [0.05, 0.1) is 32.8 Å². The molecular formula is C91H142O17P2. The van der Waals surface area contributed by atoms with Gasteiger partial charge in [0.2, 0.25) is 0 Å². The molecule has 3 N–H and O–H groups in total. The standard InChI is InChI=1S/C91H142O17P2/c1-5-9-13-17-21-25-29-33-37-40-42-45-48-51-55-59-63-67-71-75-88(93)101-81-86(107-90(95)77-73-69-65-61-57-53-47-36-32-28-24-20-16-12-8-4)83-105-109(97,98)103-79-85(92)80-104-110(99,100)106-84-87(108-91(96)78-74-70-66-62-58-54-50-44-39-35-31-27-23-19-15-11-7-3)82-102-89(94)76-72-68-64-60-56-52-49-46-43-41-38-34-30-26-22-18-14-10-6-2/h9-16,21-28,33-39,42-43,45-47,51-52,55-57,61,69,73,85-87,92H,5-8,17-20,29-32,40-41,44,48-50,53-54,58-60,62-68,70-72,74-84H2,1-4H3,(H,97,98)(H,99,100)/b13-9-,14-10-,15-11-,16-12-,25-21-,26-22-,27-23-,28-24-,37-33-,38-34-,39-35-,45-42-,46-43-,47-36-,55-51-,56-52-,61-57-,73-69-. The van der Waals surface area contributed by atoms with E-state index in [1.807, 2.05) is 12.2 Å². The van der Waals surface area contributed by atoms with Crippen LogP contribution >= 0.6 is 15.6 Å². The first-order valence-electron chi connectivity index (χ1n) is 41.0. The Morgan fingerprint density at radius 3 is 0.773 bits per heavy atom. The molecule has 618 valence electrons. The molecule has 0 aromatic carbocycles. The lowest BCUT2D eigenvalue weighted by molar-refractivity contribution is -0.161.